The third kappa shape index (κ3) is 4.72. The van der Waals surface area contributed by atoms with Crippen molar-refractivity contribution in [1.29, 1.82) is 0 Å². The maximum Gasteiger partial charge on any atom is 0.190 e. The fourth-order valence-electron chi connectivity index (χ4n) is 3.41. The van der Waals surface area contributed by atoms with Crippen LogP contribution >= 0.6 is 0 Å². The Balaban J connectivity index is 1.45. The Bertz CT molecular complexity index is 716. The summed E-state index contributed by atoms with van der Waals surface area (Å²) in [4.78, 5) is 9.83. The quantitative estimate of drug-likeness (QED) is 0.576. The van der Waals surface area contributed by atoms with E-state index in [9.17, 15) is 4.39 Å². The maximum absolute atomic E-state index is 13.3. The predicted octanol–water partition coefficient (Wildman–Crippen LogP) is 2.36. The van der Waals surface area contributed by atoms with Crippen LogP contribution in [0.2, 0.25) is 0 Å². The molecule has 5 nitrogen and oxygen atoms in total. The Kier molecular flexibility index (Phi) is 5.91. The first kappa shape index (κ1) is 17.7. The van der Waals surface area contributed by atoms with Crippen molar-refractivity contribution in [3.8, 4) is 0 Å². The lowest BCUT2D eigenvalue weighted by atomic mass is 9.97. The summed E-state index contributed by atoms with van der Waals surface area (Å²) in [6, 6.07) is 4.88. The highest BCUT2D eigenvalue weighted by molar-refractivity contribution is 5.83. The molecule has 1 aromatic carbocycles. The average Bonchev–Trinajstić information content (AvgIpc) is 3.01. The summed E-state index contributed by atoms with van der Waals surface area (Å²) in [5.41, 5.74) is 2.04. The summed E-state index contributed by atoms with van der Waals surface area (Å²) < 4.78 is 13.3. The number of H-pyrrole nitrogens is 1. The van der Waals surface area contributed by atoms with Gasteiger partial charge in [-0.3, -0.25) is 4.99 Å². The normalized spacial score (nSPS) is 17.2. The highest BCUT2D eigenvalue weighted by Gasteiger charge is 2.16. The predicted molar refractivity (Wildman–Crippen MR) is 102 cm³/mol. The number of likely N-dealkylation sites (tertiary alicyclic amines) is 1. The molecule has 1 aromatic heterocycles. The number of hydrogen-bond donors (Lipinski definition) is 3. The molecular formula is C19H28FN5. The number of hydrogen-bond acceptors (Lipinski definition) is 2. The fraction of sp³-hybridized carbons (Fsp3) is 0.526. The minimum atomic E-state index is -0.211. The molecule has 1 aliphatic rings. The maximum atomic E-state index is 13.3. The third-order valence-electron chi connectivity index (χ3n) is 5.04. The standard InChI is InChI=1S/C19H28FN5/c1-21-19(24-12-14-6-9-25(2)10-7-14)22-8-5-15-13-23-18-11-16(20)3-4-17(15)18/h3-4,11,13-14,23H,5-10,12H2,1-2H3,(H2,21,22,24). The number of nitrogens with one attached hydrogen (secondary N) is 3. The summed E-state index contributed by atoms with van der Waals surface area (Å²) in [6.07, 6.45) is 5.31. The number of fused-ring (bicyclic) bond motifs is 1. The molecule has 3 rings (SSSR count). The van der Waals surface area contributed by atoms with E-state index in [0.29, 0.717) is 0 Å². The van der Waals surface area contributed by atoms with Crippen molar-refractivity contribution < 1.29 is 4.39 Å². The molecule has 0 aliphatic carbocycles. The minimum Gasteiger partial charge on any atom is -0.361 e. The number of aliphatic imine (C=N–C) groups is 1. The van der Waals surface area contributed by atoms with Gasteiger partial charge >= 0.3 is 0 Å². The summed E-state index contributed by atoms with van der Waals surface area (Å²) in [5.74, 6) is 1.36. The topological polar surface area (TPSA) is 55.5 Å². The van der Waals surface area contributed by atoms with Gasteiger partial charge in [-0.05, 0) is 69.1 Å². The Hall–Kier alpha value is -2.08. The van der Waals surface area contributed by atoms with E-state index in [4.69, 9.17) is 0 Å². The molecule has 0 spiro atoms. The van der Waals surface area contributed by atoms with E-state index < -0.39 is 0 Å². The zero-order valence-corrected chi connectivity index (χ0v) is 15.1. The highest BCUT2D eigenvalue weighted by atomic mass is 19.1. The van der Waals surface area contributed by atoms with Crippen molar-refractivity contribution in [3.63, 3.8) is 0 Å². The molecule has 1 fully saturated rings. The van der Waals surface area contributed by atoms with Crippen LogP contribution in [0, 0.1) is 11.7 Å². The fourth-order valence-corrected chi connectivity index (χ4v) is 3.41. The van der Waals surface area contributed by atoms with Crippen molar-refractivity contribution in [2.45, 2.75) is 19.3 Å². The van der Waals surface area contributed by atoms with Gasteiger partial charge in [-0.1, -0.05) is 0 Å². The SMILES string of the molecule is CN=C(NCCc1c[nH]c2cc(F)ccc12)NCC1CCN(C)CC1. The van der Waals surface area contributed by atoms with Gasteiger partial charge in [0.1, 0.15) is 5.82 Å². The number of rotatable bonds is 5. The van der Waals surface area contributed by atoms with E-state index >= 15 is 0 Å². The molecule has 0 amide bonds. The second-order valence-corrected chi connectivity index (χ2v) is 6.88. The Morgan fingerprint density at radius 1 is 1.32 bits per heavy atom. The summed E-state index contributed by atoms with van der Waals surface area (Å²) >= 11 is 0. The lowest BCUT2D eigenvalue weighted by molar-refractivity contribution is 0.220. The molecule has 2 heterocycles. The zero-order chi connectivity index (χ0) is 17.6. The van der Waals surface area contributed by atoms with Crippen molar-refractivity contribution in [1.82, 2.24) is 20.5 Å². The molecule has 2 aromatic rings. The van der Waals surface area contributed by atoms with Crippen LogP contribution in [0.3, 0.4) is 0 Å². The molecule has 136 valence electrons. The van der Waals surface area contributed by atoms with E-state index in [-0.39, 0.29) is 5.82 Å². The average molecular weight is 345 g/mol. The first-order chi connectivity index (χ1) is 12.2. The van der Waals surface area contributed by atoms with E-state index in [2.05, 4.69) is 32.6 Å². The van der Waals surface area contributed by atoms with Crippen LogP contribution in [0.25, 0.3) is 10.9 Å². The van der Waals surface area contributed by atoms with Crippen LogP contribution in [-0.4, -0.2) is 56.1 Å². The molecule has 6 heteroatoms. The van der Waals surface area contributed by atoms with Crippen molar-refractivity contribution in [2.24, 2.45) is 10.9 Å². The van der Waals surface area contributed by atoms with Gasteiger partial charge in [-0.2, -0.15) is 0 Å². The van der Waals surface area contributed by atoms with E-state index in [1.54, 1.807) is 7.05 Å². The molecule has 0 atom stereocenters. The van der Waals surface area contributed by atoms with Crippen LogP contribution < -0.4 is 10.6 Å². The van der Waals surface area contributed by atoms with E-state index in [0.717, 1.165) is 42.3 Å². The number of piperidine rings is 1. The number of benzene rings is 1. The number of guanidine groups is 1. The number of aromatic nitrogens is 1. The van der Waals surface area contributed by atoms with Crippen LogP contribution in [0.5, 0.6) is 0 Å². The molecule has 25 heavy (non-hydrogen) atoms. The minimum absolute atomic E-state index is 0.211. The van der Waals surface area contributed by atoms with Gasteiger partial charge < -0.3 is 20.5 Å². The van der Waals surface area contributed by atoms with E-state index in [1.165, 1.54) is 43.6 Å². The number of halogens is 1. The van der Waals surface area contributed by atoms with Gasteiger partial charge in [0.15, 0.2) is 5.96 Å². The second-order valence-electron chi connectivity index (χ2n) is 6.88. The largest absolute Gasteiger partial charge is 0.361 e. The van der Waals surface area contributed by atoms with Gasteiger partial charge in [-0.25, -0.2) is 4.39 Å². The molecule has 0 radical (unpaired) electrons. The van der Waals surface area contributed by atoms with Gasteiger partial charge in [0.05, 0.1) is 0 Å². The van der Waals surface area contributed by atoms with Gasteiger partial charge in [-0.15, -0.1) is 0 Å². The second kappa shape index (κ2) is 8.34. The van der Waals surface area contributed by atoms with Gasteiger partial charge in [0.2, 0.25) is 0 Å². The highest BCUT2D eigenvalue weighted by Crippen LogP contribution is 2.19. The molecule has 1 saturated heterocycles. The van der Waals surface area contributed by atoms with Crippen molar-refractivity contribution >= 4 is 16.9 Å². The first-order valence-corrected chi connectivity index (χ1v) is 9.04. The Morgan fingerprint density at radius 3 is 2.88 bits per heavy atom. The summed E-state index contributed by atoms with van der Waals surface area (Å²) in [6.45, 7) is 4.12. The monoisotopic (exact) mass is 345 g/mol. The van der Waals surface area contributed by atoms with Gasteiger partial charge in [0, 0.05) is 37.2 Å². The number of nitrogens with zero attached hydrogens (tertiary/aromatic N) is 2. The molecule has 0 bridgehead atoms. The van der Waals surface area contributed by atoms with E-state index in [1.807, 2.05) is 12.3 Å². The van der Waals surface area contributed by atoms with Gasteiger partial charge in [0.25, 0.3) is 0 Å². The van der Waals surface area contributed by atoms with Crippen molar-refractivity contribution in [2.75, 3.05) is 40.3 Å². The third-order valence-corrected chi connectivity index (χ3v) is 5.04. The van der Waals surface area contributed by atoms with Crippen LogP contribution in [0.4, 0.5) is 4.39 Å². The molecular weight excluding hydrogens is 317 g/mol. The summed E-state index contributed by atoms with van der Waals surface area (Å²) in [5, 5.41) is 7.90. The molecule has 1 aliphatic heterocycles. The zero-order valence-electron chi connectivity index (χ0n) is 15.1. The Morgan fingerprint density at radius 2 is 2.12 bits per heavy atom. The molecule has 0 unspecified atom stereocenters. The molecule has 3 N–H and O–H groups in total. The smallest absolute Gasteiger partial charge is 0.190 e. The lowest BCUT2D eigenvalue weighted by Crippen LogP contribution is -2.42. The lowest BCUT2D eigenvalue weighted by Gasteiger charge is -2.29. The van der Waals surface area contributed by atoms with Crippen molar-refractivity contribution in [3.05, 3.63) is 35.8 Å². The molecule has 0 saturated carbocycles. The van der Waals surface area contributed by atoms with Crippen LogP contribution in [-0.2, 0) is 6.42 Å². The summed E-state index contributed by atoms with van der Waals surface area (Å²) in [7, 11) is 3.99. The Labute approximate surface area is 148 Å². The van der Waals surface area contributed by atoms with Crippen LogP contribution in [0.1, 0.15) is 18.4 Å². The first-order valence-electron chi connectivity index (χ1n) is 9.04. The number of aromatic amines is 1. The van der Waals surface area contributed by atoms with Crippen LogP contribution in [0.15, 0.2) is 29.4 Å².